The van der Waals surface area contributed by atoms with Crippen LogP contribution in [-0.4, -0.2) is 9.97 Å². The zero-order chi connectivity index (χ0) is 11.1. The normalized spacial score (nSPS) is 11.1. The highest BCUT2D eigenvalue weighted by Gasteiger charge is 2.12. The van der Waals surface area contributed by atoms with Crippen molar-refractivity contribution >= 4 is 16.7 Å². The first-order valence-corrected chi connectivity index (χ1v) is 5.05. The number of aromatic amines is 1. The van der Waals surface area contributed by atoms with E-state index in [9.17, 15) is 4.79 Å². The smallest absolute Gasteiger partial charge is 0.250 e. The van der Waals surface area contributed by atoms with Gasteiger partial charge in [0.15, 0.2) is 0 Å². The van der Waals surface area contributed by atoms with Crippen molar-refractivity contribution in [2.24, 2.45) is 0 Å². The van der Waals surface area contributed by atoms with Crippen LogP contribution in [0.4, 0.5) is 0 Å². The molecule has 0 saturated heterocycles. The molecule has 16 heavy (non-hydrogen) atoms. The van der Waals surface area contributed by atoms with E-state index in [0.29, 0.717) is 11.0 Å². The van der Waals surface area contributed by atoms with Crippen molar-refractivity contribution in [3.8, 4) is 0 Å². The van der Waals surface area contributed by atoms with E-state index in [1.165, 1.54) is 0 Å². The molecule has 0 saturated carbocycles. The molecule has 3 aromatic heterocycles. The van der Waals surface area contributed by atoms with Gasteiger partial charge < -0.3 is 0 Å². The van der Waals surface area contributed by atoms with Gasteiger partial charge >= 0.3 is 5.56 Å². The second-order valence-electron chi connectivity index (χ2n) is 3.74. The zero-order valence-corrected chi connectivity index (χ0v) is 8.77. The number of aromatic nitrogens is 3. The average molecular weight is 212 g/mol. The largest absolute Gasteiger partial charge is 0.318 e. The molecule has 0 fully saturated rings. The van der Waals surface area contributed by atoms with Gasteiger partial charge in [-0.15, -0.1) is 4.98 Å². The molecule has 0 bridgehead atoms. The van der Waals surface area contributed by atoms with Gasteiger partial charge in [-0.05, 0) is 31.2 Å². The molecule has 0 atom stereocenters. The lowest BCUT2D eigenvalue weighted by molar-refractivity contribution is -0.487. The summed E-state index contributed by atoms with van der Waals surface area (Å²) in [4.78, 5) is 19.0. The number of hydrogen-bond donors (Lipinski definition) is 1. The highest BCUT2D eigenvalue weighted by atomic mass is 16.1. The van der Waals surface area contributed by atoms with Gasteiger partial charge in [0.25, 0.3) is 5.65 Å². The summed E-state index contributed by atoms with van der Waals surface area (Å²) in [6, 6.07) is 7.44. The molecular formula is C12H10N3O+. The van der Waals surface area contributed by atoms with Crippen LogP contribution in [0.3, 0.4) is 0 Å². The van der Waals surface area contributed by atoms with E-state index in [-0.39, 0.29) is 5.56 Å². The number of aryl methyl sites for hydroxylation is 1. The first-order chi connectivity index (χ1) is 7.77. The number of pyridine rings is 2. The fraction of sp³-hybridized carbons (Fsp3) is 0.0833. The minimum absolute atomic E-state index is 0.0996. The van der Waals surface area contributed by atoms with Crippen molar-refractivity contribution in [2.75, 3.05) is 0 Å². The van der Waals surface area contributed by atoms with Crippen LogP contribution >= 0.6 is 0 Å². The molecule has 0 aliphatic heterocycles. The van der Waals surface area contributed by atoms with Crippen LogP contribution in [0.1, 0.15) is 5.56 Å². The van der Waals surface area contributed by atoms with Gasteiger partial charge in [-0.1, -0.05) is 0 Å². The first kappa shape index (κ1) is 9.03. The van der Waals surface area contributed by atoms with Crippen LogP contribution in [0.15, 0.2) is 41.5 Å². The van der Waals surface area contributed by atoms with Gasteiger partial charge in [0.05, 0.1) is 6.20 Å². The highest BCUT2D eigenvalue weighted by molar-refractivity contribution is 5.71. The second-order valence-corrected chi connectivity index (χ2v) is 3.74. The Balaban J connectivity index is 2.70. The van der Waals surface area contributed by atoms with Crippen molar-refractivity contribution < 1.29 is 4.40 Å². The van der Waals surface area contributed by atoms with Crippen LogP contribution in [0.25, 0.3) is 16.7 Å². The molecule has 4 nitrogen and oxygen atoms in total. The molecule has 3 heterocycles. The van der Waals surface area contributed by atoms with E-state index in [4.69, 9.17) is 0 Å². The molecule has 0 spiro atoms. The van der Waals surface area contributed by atoms with Crippen molar-refractivity contribution in [1.82, 2.24) is 9.97 Å². The number of hydrogen-bond acceptors (Lipinski definition) is 2. The number of rotatable bonds is 0. The van der Waals surface area contributed by atoms with Gasteiger partial charge in [0.2, 0.25) is 5.65 Å². The summed E-state index contributed by atoms with van der Waals surface area (Å²) in [6.45, 7) is 1.96. The molecule has 3 aromatic rings. The fourth-order valence-corrected chi connectivity index (χ4v) is 1.89. The minimum Gasteiger partial charge on any atom is -0.250 e. The molecule has 78 valence electrons. The molecule has 0 amide bonds. The van der Waals surface area contributed by atoms with E-state index in [1.807, 2.05) is 29.7 Å². The lowest BCUT2D eigenvalue weighted by Gasteiger charge is -1.99. The molecule has 4 heteroatoms. The minimum atomic E-state index is -0.0996. The Morgan fingerprint density at radius 2 is 2.19 bits per heavy atom. The molecule has 1 N–H and O–H groups in total. The number of nitrogens with zero attached hydrogens (tertiary/aromatic N) is 2. The predicted octanol–water partition coefficient (Wildman–Crippen LogP) is 0.970. The summed E-state index contributed by atoms with van der Waals surface area (Å²) in [6.07, 6.45) is 3.59. The van der Waals surface area contributed by atoms with Gasteiger partial charge in [-0.25, -0.2) is 9.38 Å². The number of nitrogens with one attached hydrogen (secondary N) is 1. The van der Waals surface area contributed by atoms with Crippen LogP contribution < -0.4 is 9.96 Å². The van der Waals surface area contributed by atoms with Crippen molar-refractivity contribution in [1.29, 1.82) is 0 Å². The summed E-state index contributed by atoms with van der Waals surface area (Å²) in [5, 5.41) is 0.602. The van der Waals surface area contributed by atoms with Crippen LogP contribution in [-0.2, 0) is 0 Å². The standard InChI is InChI=1S/C12H9N3O/c1-8-4-3-7-15-10(8)14-12(16)9-5-2-6-13-11(9)15/h2-7H,1H3/p+1. The van der Waals surface area contributed by atoms with Crippen LogP contribution in [0.5, 0.6) is 0 Å². The third kappa shape index (κ3) is 1.13. The maximum atomic E-state index is 11.8. The SMILES string of the molecule is Cc1ccc[n+]2c1[nH]c(=O)c1cccnc12. The van der Waals surface area contributed by atoms with Gasteiger partial charge in [0.1, 0.15) is 11.6 Å². The van der Waals surface area contributed by atoms with Crippen LogP contribution in [0.2, 0.25) is 0 Å². The third-order valence-electron chi connectivity index (χ3n) is 2.69. The van der Waals surface area contributed by atoms with Crippen molar-refractivity contribution in [3.05, 3.63) is 52.6 Å². The maximum absolute atomic E-state index is 11.8. The average Bonchev–Trinajstić information content (AvgIpc) is 2.31. The van der Waals surface area contributed by atoms with E-state index in [0.717, 1.165) is 11.2 Å². The quantitative estimate of drug-likeness (QED) is 0.446. The van der Waals surface area contributed by atoms with Crippen LogP contribution in [0, 0.1) is 6.92 Å². The Morgan fingerprint density at radius 1 is 1.31 bits per heavy atom. The van der Waals surface area contributed by atoms with Crippen molar-refractivity contribution in [3.63, 3.8) is 0 Å². The van der Waals surface area contributed by atoms with E-state index < -0.39 is 0 Å². The Kier molecular flexibility index (Phi) is 1.77. The van der Waals surface area contributed by atoms with E-state index >= 15 is 0 Å². The Hall–Kier alpha value is -2.23. The highest BCUT2D eigenvalue weighted by Crippen LogP contribution is 2.04. The fourth-order valence-electron chi connectivity index (χ4n) is 1.89. The van der Waals surface area contributed by atoms with E-state index in [1.54, 1.807) is 18.3 Å². The first-order valence-electron chi connectivity index (χ1n) is 5.05. The van der Waals surface area contributed by atoms with Crippen molar-refractivity contribution in [2.45, 2.75) is 6.92 Å². The Labute approximate surface area is 91.2 Å². The van der Waals surface area contributed by atoms with Gasteiger partial charge in [-0.3, -0.25) is 4.79 Å². The monoisotopic (exact) mass is 212 g/mol. The van der Waals surface area contributed by atoms with Gasteiger partial charge in [0, 0.05) is 5.56 Å². The maximum Gasteiger partial charge on any atom is 0.318 e. The second kappa shape index (κ2) is 3.13. The number of H-pyrrole nitrogens is 1. The van der Waals surface area contributed by atoms with E-state index in [2.05, 4.69) is 9.97 Å². The molecule has 0 unspecified atom stereocenters. The summed E-state index contributed by atoms with van der Waals surface area (Å²) < 4.78 is 1.89. The Morgan fingerprint density at radius 3 is 3.06 bits per heavy atom. The predicted molar refractivity (Wildman–Crippen MR) is 60.3 cm³/mol. The summed E-state index contributed by atoms with van der Waals surface area (Å²) in [5.41, 5.74) is 2.40. The summed E-state index contributed by atoms with van der Waals surface area (Å²) >= 11 is 0. The molecular weight excluding hydrogens is 202 g/mol. The van der Waals surface area contributed by atoms with Gasteiger partial charge in [-0.2, -0.15) is 0 Å². The topological polar surface area (TPSA) is 49.9 Å². The zero-order valence-electron chi connectivity index (χ0n) is 8.77. The lowest BCUT2D eigenvalue weighted by atomic mass is 10.2. The summed E-state index contributed by atoms with van der Waals surface area (Å²) in [7, 11) is 0. The third-order valence-corrected chi connectivity index (χ3v) is 2.69. The number of fused-ring (bicyclic) bond motifs is 3. The molecule has 0 aliphatic rings. The molecule has 0 aromatic carbocycles. The molecule has 0 radical (unpaired) electrons. The molecule has 3 rings (SSSR count). The summed E-state index contributed by atoms with van der Waals surface area (Å²) in [5.74, 6) is 0. The lowest BCUT2D eigenvalue weighted by Crippen LogP contribution is -2.30. The Bertz CT molecular complexity index is 746. The molecule has 0 aliphatic carbocycles.